The Morgan fingerprint density at radius 1 is 1.03 bits per heavy atom. The topological polar surface area (TPSA) is 87.2 Å². The first-order valence-electron chi connectivity index (χ1n) is 9.80. The van der Waals surface area contributed by atoms with E-state index in [-0.39, 0.29) is 32.1 Å². The lowest BCUT2D eigenvalue weighted by Crippen LogP contribution is -2.62. The van der Waals surface area contributed by atoms with Crippen molar-refractivity contribution in [2.24, 2.45) is 0 Å². The van der Waals surface area contributed by atoms with E-state index in [1.807, 2.05) is 19.1 Å². The Morgan fingerprint density at radius 2 is 1.66 bits per heavy atom. The van der Waals surface area contributed by atoms with Crippen LogP contribution in [0.25, 0.3) is 0 Å². The second-order valence-electron chi connectivity index (χ2n) is 8.61. The Balaban J connectivity index is 1.53. The van der Waals surface area contributed by atoms with Gasteiger partial charge in [-0.1, -0.05) is 17.7 Å². The van der Waals surface area contributed by atoms with Gasteiger partial charge in [-0.05, 0) is 39.8 Å². The van der Waals surface area contributed by atoms with Crippen LogP contribution in [0.15, 0.2) is 24.3 Å². The molecule has 0 aromatic heterocycles. The van der Waals surface area contributed by atoms with E-state index < -0.39 is 27.0 Å². The van der Waals surface area contributed by atoms with Crippen LogP contribution in [0.5, 0.6) is 0 Å². The highest BCUT2D eigenvalue weighted by Gasteiger charge is 2.44. The number of carbonyl (C=O) groups is 2. The van der Waals surface area contributed by atoms with Gasteiger partial charge in [-0.2, -0.15) is 4.31 Å². The molecule has 2 fully saturated rings. The lowest BCUT2D eigenvalue weighted by molar-refractivity contribution is 0.0190. The van der Waals surface area contributed by atoms with Crippen molar-refractivity contribution in [3.63, 3.8) is 0 Å². The minimum atomic E-state index is -3.51. The maximum Gasteiger partial charge on any atom is 0.410 e. The average Bonchev–Trinajstić information content (AvgIpc) is 2.59. The Labute approximate surface area is 172 Å². The second kappa shape index (κ2) is 7.95. The highest BCUT2D eigenvalue weighted by Crippen LogP contribution is 2.24. The van der Waals surface area contributed by atoms with Gasteiger partial charge < -0.3 is 14.5 Å². The summed E-state index contributed by atoms with van der Waals surface area (Å²) in [4.78, 5) is 27.8. The van der Waals surface area contributed by atoms with Crippen molar-refractivity contribution in [1.29, 1.82) is 0 Å². The van der Waals surface area contributed by atoms with Crippen molar-refractivity contribution in [2.75, 3.05) is 39.3 Å². The summed E-state index contributed by atoms with van der Waals surface area (Å²) in [6.45, 7) is 8.78. The third-order valence-electron chi connectivity index (χ3n) is 5.07. The van der Waals surface area contributed by atoms with E-state index >= 15 is 0 Å². The SMILES string of the molecule is Cc1cccc(C(=O)N2CC(S(=O)(=O)N3CCN(C(=O)OC(C)(C)C)CC3)C2)c1. The lowest BCUT2D eigenvalue weighted by atomic mass is 10.1. The number of sulfonamides is 1. The van der Waals surface area contributed by atoms with Crippen LogP contribution in [0.3, 0.4) is 0 Å². The van der Waals surface area contributed by atoms with Crippen LogP contribution in [-0.4, -0.2) is 84.6 Å². The zero-order valence-corrected chi connectivity index (χ0v) is 18.2. The van der Waals surface area contributed by atoms with E-state index in [4.69, 9.17) is 4.74 Å². The number of ether oxygens (including phenoxy) is 1. The number of aryl methyl sites for hydroxylation is 1. The average molecular weight is 424 g/mol. The van der Waals surface area contributed by atoms with Crippen molar-refractivity contribution < 1.29 is 22.7 Å². The molecule has 0 radical (unpaired) electrons. The molecule has 0 atom stereocenters. The molecule has 0 aliphatic carbocycles. The van der Waals surface area contributed by atoms with Crippen LogP contribution in [0, 0.1) is 6.92 Å². The summed E-state index contributed by atoms with van der Waals surface area (Å²) >= 11 is 0. The van der Waals surface area contributed by atoms with Crippen LogP contribution in [0.1, 0.15) is 36.7 Å². The summed E-state index contributed by atoms with van der Waals surface area (Å²) in [7, 11) is -3.51. The number of piperazine rings is 1. The fourth-order valence-corrected chi connectivity index (χ4v) is 5.25. The minimum absolute atomic E-state index is 0.144. The molecule has 160 valence electrons. The van der Waals surface area contributed by atoms with Crippen LogP contribution in [0.2, 0.25) is 0 Å². The first kappa shape index (κ1) is 21.6. The van der Waals surface area contributed by atoms with E-state index in [0.717, 1.165) is 5.56 Å². The zero-order chi connectivity index (χ0) is 21.4. The molecule has 0 saturated carbocycles. The molecule has 29 heavy (non-hydrogen) atoms. The second-order valence-corrected chi connectivity index (χ2v) is 10.8. The first-order valence-corrected chi connectivity index (χ1v) is 11.3. The quantitative estimate of drug-likeness (QED) is 0.739. The molecule has 0 bridgehead atoms. The van der Waals surface area contributed by atoms with Gasteiger partial charge in [-0.25, -0.2) is 13.2 Å². The molecule has 9 heteroatoms. The first-order chi connectivity index (χ1) is 13.5. The fraction of sp³-hybridized carbons (Fsp3) is 0.600. The summed E-state index contributed by atoms with van der Waals surface area (Å²) in [5, 5.41) is -0.593. The summed E-state index contributed by atoms with van der Waals surface area (Å²) in [5.74, 6) is -0.144. The number of likely N-dealkylation sites (tertiary alicyclic amines) is 1. The third-order valence-corrected chi connectivity index (χ3v) is 7.30. The molecule has 8 nitrogen and oxygen atoms in total. The monoisotopic (exact) mass is 423 g/mol. The Morgan fingerprint density at radius 3 is 2.21 bits per heavy atom. The van der Waals surface area contributed by atoms with E-state index in [2.05, 4.69) is 0 Å². The number of nitrogens with zero attached hydrogens (tertiary/aromatic N) is 3. The Kier molecular flexibility index (Phi) is 5.91. The largest absolute Gasteiger partial charge is 0.444 e. The number of hydrogen-bond donors (Lipinski definition) is 0. The Bertz CT molecular complexity index is 880. The molecule has 2 aliphatic rings. The number of hydrogen-bond acceptors (Lipinski definition) is 5. The van der Waals surface area contributed by atoms with Gasteiger partial charge in [0.2, 0.25) is 10.0 Å². The van der Waals surface area contributed by atoms with Gasteiger partial charge in [-0.15, -0.1) is 0 Å². The van der Waals surface area contributed by atoms with E-state index in [1.54, 1.807) is 37.8 Å². The van der Waals surface area contributed by atoms with E-state index in [0.29, 0.717) is 18.7 Å². The summed E-state index contributed by atoms with van der Waals surface area (Å²) < 4.78 is 32.5. The van der Waals surface area contributed by atoms with Crippen molar-refractivity contribution in [3.05, 3.63) is 35.4 Å². The maximum atomic E-state index is 12.9. The summed E-state index contributed by atoms with van der Waals surface area (Å²) in [5.41, 5.74) is 0.981. The van der Waals surface area contributed by atoms with Crippen LogP contribution in [0.4, 0.5) is 4.79 Å². The molecule has 0 unspecified atom stereocenters. The van der Waals surface area contributed by atoms with Gasteiger partial charge in [-0.3, -0.25) is 4.79 Å². The molecular weight excluding hydrogens is 394 g/mol. The van der Waals surface area contributed by atoms with Crippen LogP contribution >= 0.6 is 0 Å². The van der Waals surface area contributed by atoms with Crippen molar-refractivity contribution in [1.82, 2.24) is 14.1 Å². The molecule has 1 aromatic rings. The molecule has 3 rings (SSSR count). The lowest BCUT2D eigenvalue weighted by Gasteiger charge is -2.42. The van der Waals surface area contributed by atoms with Crippen molar-refractivity contribution in [2.45, 2.75) is 38.5 Å². The van der Waals surface area contributed by atoms with Crippen molar-refractivity contribution in [3.8, 4) is 0 Å². The standard InChI is InChI=1S/C20H29N3O5S/c1-15-6-5-7-16(12-15)18(24)22-13-17(14-22)29(26,27)23-10-8-21(9-11-23)19(25)28-20(2,3)4/h5-7,12,17H,8-11,13-14H2,1-4H3. The maximum absolute atomic E-state index is 12.9. The van der Waals surface area contributed by atoms with E-state index in [1.165, 1.54) is 9.21 Å². The molecule has 1 aromatic carbocycles. The minimum Gasteiger partial charge on any atom is -0.444 e. The van der Waals surface area contributed by atoms with Gasteiger partial charge in [0.05, 0.1) is 0 Å². The highest BCUT2D eigenvalue weighted by atomic mass is 32.2. The predicted molar refractivity (Wildman–Crippen MR) is 109 cm³/mol. The predicted octanol–water partition coefficient (Wildman–Crippen LogP) is 1.70. The van der Waals surface area contributed by atoms with Gasteiger partial charge in [0.1, 0.15) is 10.9 Å². The smallest absolute Gasteiger partial charge is 0.410 e. The van der Waals surface area contributed by atoms with Crippen LogP contribution in [-0.2, 0) is 14.8 Å². The number of carbonyl (C=O) groups excluding carboxylic acids is 2. The van der Waals surface area contributed by atoms with Crippen LogP contribution < -0.4 is 0 Å². The molecule has 2 amide bonds. The number of amides is 2. The van der Waals surface area contributed by atoms with Gasteiger partial charge in [0.15, 0.2) is 0 Å². The van der Waals surface area contributed by atoms with E-state index in [9.17, 15) is 18.0 Å². The van der Waals surface area contributed by atoms with Gasteiger partial charge in [0, 0.05) is 44.8 Å². The molecule has 0 N–H and O–H groups in total. The molecular formula is C20H29N3O5S. The molecule has 2 heterocycles. The fourth-order valence-electron chi connectivity index (χ4n) is 3.42. The van der Waals surface area contributed by atoms with Gasteiger partial charge in [0.25, 0.3) is 5.91 Å². The molecule has 2 saturated heterocycles. The Hall–Kier alpha value is -2.13. The number of benzene rings is 1. The molecule has 0 spiro atoms. The summed E-state index contributed by atoms with van der Waals surface area (Å²) in [6.07, 6.45) is -0.423. The summed E-state index contributed by atoms with van der Waals surface area (Å²) in [6, 6.07) is 7.28. The highest BCUT2D eigenvalue weighted by molar-refractivity contribution is 7.89. The molecule has 2 aliphatic heterocycles. The third kappa shape index (κ3) is 4.90. The van der Waals surface area contributed by atoms with Crippen molar-refractivity contribution >= 4 is 22.0 Å². The zero-order valence-electron chi connectivity index (χ0n) is 17.4. The number of rotatable bonds is 3. The normalized spacial score (nSPS) is 19.0. The van der Waals surface area contributed by atoms with Gasteiger partial charge >= 0.3 is 6.09 Å².